The third-order valence-electron chi connectivity index (χ3n) is 4.67. The molecule has 5 nitrogen and oxygen atoms in total. The van der Waals surface area contributed by atoms with Crippen LogP contribution in [0.5, 0.6) is 5.75 Å². The highest BCUT2D eigenvalue weighted by Crippen LogP contribution is 2.22. The predicted octanol–water partition coefficient (Wildman–Crippen LogP) is 4.25. The summed E-state index contributed by atoms with van der Waals surface area (Å²) in [6.07, 6.45) is 1.74. The summed E-state index contributed by atoms with van der Waals surface area (Å²) in [5.41, 5.74) is 2.55. The van der Waals surface area contributed by atoms with Crippen molar-refractivity contribution in [1.29, 1.82) is 0 Å². The van der Waals surface area contributed by atoms with Gasteiger partial charge in [0.05, 0.1) is 12.8 Å². The van der Waals surface area contributed by atoms with Crippen molar-refractivity contribution in [2.45, 2.75) is 13.1 Å². The van der Waals surface area contributed by atoms with E-state index in [9.17, 15) is 4.79 Å². The van der Waals surface area contributed by atoms with Crippen molar-refractivity contribution in [2.75, 3.05) is 14.2 Å². The van der Waals surface area contributed by atoms with Gasteiger partial charge in [-0.05, 0) is 69.6 Å². The second-order valence-electron chi connectivity index (χ2n) is 6.88. The Bertz CT molecular complexity index is 1220. The zero-order valence-electron chi connectivity index (χ0n) is 15.7. The van der Waals surface area contributed by atoms with E-state index in [0.29, 0.717) is 12.2 Å². The molecule has 6 heteroatoms. The number of hydrogen-bond acceptors (Lipinski definition) is 4. The summed E-state index contributed by atoms with van der Waals surface area (Å²) in [5.74, 6) is 0.859. The maximum atomic E-state index is 12.4. The molecule has 0 N–H and O–H groups in total. The Hall–Kier alpha value is -2.70. The first-order valence-electron chi connectivity index (χ1n) is 8.95. The Labute approximate surface area is 171 Å². The van der Waals surface area contributed by atoms with Gasteiger partial charge in [0, 0.05) is 29.8 Å². The van der Waals surface area contributed by atoms with Gasteiger partial charge >= 0.3 is 0 Å². The van der Waals surface area contributed by atoms with Crippen molar-refractivity contribution < 1.29 is 4.74 Å². The molecular weight excluding hydrogens is 418 g/mol. The maximum Gasteiger partial charge on any atom is 0.258 e. The molecule has 0 unspecified atom stereocenters. The fourth-order valence-corrected chi connectivity index (χ4v) is 3.69. The van der Waals surface area contributed by atoms with Crippen LogP contribution in [0.3, 0.4) is 0 Å². The third kappa shape index (κ3) is 3.93. The summed E-state index contributed by atoms with van der Waals surface area (Å²) >= 11 is 3.38. The van der Waals surface area contributed by atoms with Gasteiger partial charge in [0.15, 0.2) is 0 Å². The van der Waals surface area contributed by atoms with Gasteiger partial charge in [0.2, 0.25) is 0 Å². The molecule has 0 amide bonds. The molecule has 4 rings (SSSR count). The molecule has 28 heavy (non-hydrogen) atoms. The second kappa shape index (κ2) is 7.73. The van der Waals surface area contributed by atoms with Crippen molar-refractivity contribution in [3.8, 4) is 5.75 Å². The lowest BCUT2D eigenvalue weighted by molar-refractivity contribution is 0.315. The Kier molecular flexibility index (Phi) is 5.15. The van der Waals surface area contributed by atoms with Crippen molar-refractivity contribution in [2.24, 2.45) is 0 Å². The highest BCUT2D eigenvalue weighted by molar-refractivity contribution is 9.10. The van der Waals surface area contributed by atoms with E-state index in [2.05, 4.69) is 50.1 Å². The fraction of sp³-hybridized carbons (Fsp3) is 0.182. The van der Waals surface area contributed by atoms with Crippen molar-refractivity contribution in [3.05, 3.63) is 86.9 Å². The Morgan fingerprint density at radius 3 is 2.64 bits per heavy atom. The monoisotopic (exact) mass is 437 g/mol. The number of ether oxygens (including phenoxy) is 1. The zero-order chi connectivity index (χ0) is 19.7. The smallest absolute Gasteiger partial charge is 0.258 e. The summed E-state index contributed by atoms with van der Waals surface area (Å²) in [5, 5.41) is 2.33. The quantitative estimate of drug-likeness (QED) is 0.468. The van der Waals surface area contributed by atoms with Gasteiger partial charge in [-0.25, -0.2) is 4.98 Å². The first-order valence-corrected chi connectivity index (χ1v) is 9.74. The average molecular weight is 438 g/mol. The molecule has 2 aromatic carbocycles. The molecular formula is C22H20BrN3O2. The predicted molar refractivity (Wildman–Crippen MR) is 115 cm³/mol. The van der Waals surface area contributed by atoms with Crippen LogP contribution < -0.4 is 10.3 Å². The van der Waals surface area contributed by atoms with Crippen molar-refractivity contribution >= 4 is 32.3 Å². The topological polar surface area (TPSA) is 46.8 Å². The fourth-order valence-electron chi connectivity index (χ4n) is 3.35. The molecule has 2 heterocycles. The molecule has 0 aliphatic heterocycles. The minimum Gasteiger partial charge on any atom is -0.497 e. The molecule has 0 saturated carbocycles. The third-order valence-corrected chi connectivity index (χ3v) is 5.14. The molecule has 4 aromatic rings. The van der Waals surface area contributed by atoms with Gasteiger partial charge in [-0.15, -0.1) is 0 Å². The van der Waals surface area contributed by atoms with E-state index in [1.165, 1.54) is 10.9 Å². The van der Waals surface area contributed by atoms with Gasteiger partial charge in [0.25, 0.3) is 5.56 Å². The number of hydrogen-bond donors (Lipinski definition) is 0. The number of benzene rings is 2. The van der Waals surface area contributed by atoms with Crippen LogP contribution in [0.1, 0.15) is 11.3 Å². The molecule has 0 atom stereocenters. The van der Waals surface area contributed by atoms with Crippen LogP contribution >= 0.6 is 15.9 Å². The minimum atomic E-state index is -0.0747. The maximum absolute atomic E-state index is 12.4. The lowest BCUT2D eigenvalue weighted by atomic mass is 10.1. The van der Waals surface area contributed by atoms with Crippen LogP contribution in [0.2, 0.25) is 0 Å². The molecule has 142 valence electrons. The molecule has 2 aromatic heterocycles. The first-order chi connectivity index (χ1) is 13.5. The molecule has 0 aliphatic rings. The first kappa shape index (κ1) is 18.7. The molecule has 0 saturated heterocycles. The summed E-state index contributed by atoms with van der Waals surface area (Å²) in [4.78, 5) is 19.1. The molecule has 0 aliphatic carbocycles. The van der Waals surface area contributed by atoms with E-state index in [1.807, 2.05) is 31.3 Å². The number of halogens is 1. The largest absolute Gasteiger partial charge is 0.497 e. The van der Waals surface area contributed by atoms with Gasteiger partial charge in [-0.3, -0.25) is 14.1 Å². The van der Waals surface area contributed by atoms with Gasteiger partial charge in [-0.1, -0.05) is 18.2 Å². The highest BCUT2D eigenvalue weighted by Gasteiger charge is 2.08. The number of pyridine rings is 1. The lowest BCUT2D eigenvalue weighted by Gasteiger charge is -2.17. The van der Waals surface area contributed by atoms with Crippen LogP contribution in [0.4, 0.5) is 0 Å². The van der Waals surface area contributed by atoms with E-state index < -0.39 is 0 Å². The van der Waals surface area contributed by atoms with E-state index in [1.54, 1.807) is 23.8 Å². The Morgan fingerprint density at radius 2 is 1.82 bits per heavy atom. The number of aromatic nitrogens is 2. The van der Waals surface area contributed by atoms with Crippen LogP contribution in [0.15, 0.2) is 70.1 Å². The summed E-state index contributed by atoms with van der Waals surface area (Å²) in [7, 11) is 3.71. The number of nitrogens with zero attached hydrogens (tertiary/aromatic N) is 3. The van der Waals surface area contributed by atoms with E-state index in [4.69, 9.17) is 4.74 Å². The second-order valence-corrected chi connectivity index (χ2v) is 7.80. The minimum absolute atomic E-state index is 0.0747. The standard InChI is InChI=1S/C22H20BrN3O2/c1-25(12-15-3-4-17-10-20(28-2)7-5-16(17)9-15)14-19-11-22(27)26-13-18(23)6-8-21(26)24-19/h3-11,13H,12,14H2,1-2H3. The lowest BCUT2D eigenvalue weighted by Crippen LogP contribution is -2.21. The van der Waals surface area contributed by atoms with Crippen LogP contribution in [-0.4, -0.2) is 28.4 Å². The molecule has 0 fully saturated rings. The van der Waals surface area contributed by atoms with Crippen LogP contribution in [-0.2, 0) is 13.1 Å². The van der Waals surface area contributed by atoms with E-state index in [0.717, 1.165) is 27.8 Å². The van der Waals surface area contributed by atoms with E-state index >= 15 is 0 Å². The molecule has 0 spiro atoms. The molecule has 0 radical (unpaired) electrons. The number of rotatable bonds is 5. The average Bonchev–Trinajstić information content (AvgIpc) is 2.68. The Balaban J connectivity index is 1.53. The van der Waals surface area contributed by atoms with Crippen molar-refractivity contribution in [1.82, 2.24) is 14.3 Å². The van der Waals surface area contributed by atoms with Crippen LogP contribution in [0.25, 0.3) is 16.4 Å². The van der Waals surface area contributed by atoms with Gasteiger partial charge in [0.1, 0.15) is 11.4 Å². The van der Waals surface area contributed by atoms with Crippen molar-refractivity contribution in [3.63, 3.8) is 0 Å². The zero-order valence-corrected chi connectivity index (χ0v) is 17.3. The normalized spacial score (nSPS) is 11.4. The van der Waals surface area contributed by atoms with E-state index in [-0.39, 0.29) is 5.56 Å². The highest BCUT2D eigenvalue weighted by atomic mass is 79.9. The number of fused-ring (bicyclic) bond motifs is 2. The molecule has 0 bridgehead atoms. The van der Waals surface area contributed by atoms with Gasteiger partial charge < -0.3 is 4.74 Å². The summed E-state index contributed by atoms with van der Waals surface area (Å²) in [6.45, 7) is 1.37. The summed E-state index contributed by atoms with van der Waals surface area (Å²) < 4.78 is 7.68. The summed E-state index contributed by atoms with van der Waals surface area (Å²) in [6, 6.07) is 17.8. The SMILES string of the molecule is COc1ccc2cc(CN(C)Cc3cc(=O)n4cc(Br)ccc4n3)ccc2c1. The Morgan fingerprint density at radius 1 is 1.04 bits per heavy atom. The number of methoxy groups -OCH3 is 1. The van der Waals surface area contributed by atoms with Crippen LogP contribution in [0, 0.1) is 0 Å². The van der Waals surface area contributed by atoms with Gasteiger partial charge in [-0.2, -0.15) is 0 Å².